The molecule has 0 radical (unpaired) electrons. The monoisotopic (exact) mass is 324 g/mol. The van der Waals surface area contributed by atoms with Gasteiger partial charge in [0.1, 0.15) is 12.4 Å². The van der Waals surface area contributed by atoms with E-state index in [1.165, 1.54) is 12.8 Å². The van der Waals surface area contributed by atoms with Crippen LogP contribution in [-0.4, -0.2) is 43.0 Å². The number of ether oxygens (including phenoxy) is 1. The summed E-state index contributed by atoms with van der Waals surface area (Å²) in [6.45, 7) is 5.36. The van der Waals surface area contributed by atoms with Crippen LogP contribution in [0.15, 0.2) is 24.3 Å². The normalized spacial score (nSPS) is 27.3. The predicted molar refractivity (Wildman–Crippen MR) is 89.8 cm³/mol. The summed E-state index contributed by atoms with van der Waals surface area (Å²) in [6, 6.07) is 7.84. The summed E-state index contributed by atoms with van der Waals surface area (Å²) in [5.41, 5.74) is 6.82. The standard InChI is InChI=1S/C17H24N2O2.ClH/c1-12(20)14-4-2-3-5-17(14)21-9-8-19-10-13-6-7-16(18)15(13)11-19;/h2-5,13,15-16H,6-11,18H2,1H3;1H. The van der Waals surface area contributed by atoms with Crippen LogP contribution in [0.25, 0.3) is 0 Å². The van der Waals surface area contributed by atoms with Gasteiger partial charge in [-0.25, -0.2) is 0 Å². The number of para-hydroxylation sites is 1. The van der Waals surface area contributed by atoms with Crippen LogP contribution in [0.1, 0.15) is 30.1 Å². The Balaban J connectivity index is 0.00000176. The largest absolute Gasteiger partial charge is 0.491 e. The van der Waals surface area contributed by atoms with Gasteiger partial charge >= 0.3 is 0 Å². The van der Waals surface area contributed by atoms with E-state index in [-0.39, 0.29) is 18.2 Å². The second-order valence-corrected chi connectivity index (χ2v) is 6.33. The van der Waals surface area contributed by atoms with Gasteiger partial charge in [0.15, 0.2) is 5.78 Å². The minimum absolute atomic E-state index is 0. The highest BCUT2D eigenvalue weighted by molar-refractivity contribution is 5.96. The zero-order valence-corrected chi connectivity index (χ0v) is 13.8. The highest BCUT2D eigenvalue weighted by Gasteiger charge is 2.40. The number of hydrogen-bond donors (Lipinski definition) is 1. The lowest BCUT2D eigenvalue weighted by Crippen LogP contribution is -2.32. The van der Waals surface area contributed by atoms with Crippen LogP contribution in [0.3, 0.4) is 0 Å². The fraction of sp³-hybridized carbons (Fsp3) is 0.588. The number of fused-ring (bicyclic) bond motifs is 1. The first-order chi connectivity index (χ1) is 10.1. The van der Waals surface area contributed by atoms with E-state index >= 15 is 0 Å². The topological polar surface area (TPSA) is 55.6 Å². The average molecular weight is 325 g/mol. The van der Waals surface area contributed by atoms with Crippen molar-refractivity contribution in [2.75, 3.05) is 26.2 Å². The van der Waals surface area contributed by atoms with Crippen molar-refractivity contribution >= 4 is 18.2 Å². The Hall–Kier alpha value is -1.10. The lowest BCUT2D eigenvalue weighted by atomic mass is 9.98. The molecule has 1 aliphatic carbocycles. The Labute approximate surface area is 138 Å². The number of nitrogens with two attached hydrogens (primary N) is 1. The van der Waals surface area contributed by atoms with E-state index in [4.69, 9.17) is 10.5 Å². The number of benzene rings is 1. The third kappa shape index (κ3) is 3.62. The van der Waals surface area contributed by atoms with Crippen molar-refractivity contribution in [2.45, 2.75) is 25.8 Å². The molecule has 1 saturated heterocycles. The van der Waals surface area contributed by atoms with Gasteiger partial charge in [-0.1, -0.05) is 12.1 Å². The molecule has 3 unspecified atom stereocenters. The van der Waals surface area contributed by atoms with E-state index in [0.717, 1.165) is 25.6 Å². The Morgan fingerprint density at radius 3 is 2.82 bits per heavy atom. The molecule has 0 amide bonds. The summed E-state index contributed by atoms with van der Waals surface area (Å²) in [7, 11) is 0. The van der Waals surface area contributed by atoms with Crippen molar-refractivity contribution < 1.29 is 9.53 Å². The number of ketones is 1. The van der Waals surface area contributed by atoms with Crippen LogP contribution in [0.2, 0.25) is 0 Å². The van der Waals surface area contributed by atoms with Crippen molar-refractivity contribution in [2.24, 2.45) is 17.6 Å². The number of Topliss-reactive ketones (excluding diaryl/α,β-unsaturated/α-hetero) is 1. The smallest absolute Gasteiger partial charge is 0.163 e. The van der Waals surface area contributed by atoms with Gasteiger partial charge in [0, 0.05) is 25.7 Å². The molecule has 1 aromatic rings. The molecule has 1 aliphatic heterocycles. The van der Waals surface area contributed by atoms with Crippen molar-refractivity contribution in [3.8, 4) is 5.75 Å². The highest BCUT2D eigenvalue weighted by Crippen LogP contribution is 2.36. The van der Waals surface area contributed by atoms with Gasteiger partial charge in [-0.05, 0) is 43.7 Å². The maximum absolute atomic E-state index is 11.5. The van der Waals surface area contributed by atoms with E-state index in [0.29, 0.717) is 29.9 Å². The fourth-order valence-electron chi connectivity index (χ4n) is 3.75. The summed E-state index contributed by atoms with van der Waals surface area (Å²) < 4.78 is 5.82. The molecule has 5 heteroatoms. The number of carbonyl (C=O) groups is 1. The van der Waals surface area contributed by atoms with Gasteiger partial charge in [-0.3, -0.25) is 9.69 Å². The summed E-state index contributed by atoms with van der Waals surface area (Å²) in [5, 5.41) is 0. The molecule has 3 atom stereocenters. The molecule has 1 saturated carbocycles. The molecular weight excluding hydrogens is 300 g/mol. The minimum Gasteiger partial charge on any atom is -0.491 e. The average Bonchev–Trinajstić information content (AvgIpc) is 3.02. The first kappa shape index (κ1) is 17.3. The molecule has 2 aliphatic rings. The van der Waals surface area contributed by atoms with Gasteiger partial charge in [-0.2, -0.15) is 0 Å². The second-order valence-electron chi connectivity index (χ2n) is 6.33. The van der Waals surface area contributed by atoms with E-state index in [1.807, 2.05) is 24.3 Å². The lowest BCUT2D eigenvalue weighted by molar-refractivity contribution is 0.101. The molecule has 1 aromatic carbocycles. The van der Waals surface area contributed by atoms with E-state index in [9.17, 15) is 4.79 Å². The fourth-order valence-corrected chi connectivity index (χ4v) is 3.75. The zero-order chi connectivity index (χ0) is 14.8. The Kier molecular flexibility index (Phi) is 5.84. The Morgan fingerprint density at radius 1 is 1.32 bits per heavy atom. The quantitative estimate of drug-likeness (QED) is 0.845. The number of nitrogens with zero attached hydrogens (tertiary/aromatic N) is 1. The van der Waals surface area contributed by atoms with Crippen molar-refractivity contribution in [3.05, 3.63) is 29.8 Å². The van der Waals surface area contributed by atoms with Gasteiger partial charge in [0.05, 0.1) is 5.56 Å². The zero-order valence-electron chi connectivity index (χ0n) is 13.0. The molecule has 0 spiro atoms. The van der Waals surface area contributed by atoms with Gasteiger partial charge in [0.2, 0.25) is 0 Å². The Bertz CT molecular complexity index is 523. The molecule has 2 fully saturated rings. The number of rotatable bonds is 5. The molecule has 0 aromatic heterocycles. The third-order valence-electron chi connectivity index (χ3n) is 4.92. The Morgan fingerprint density at radius 2 is 2.09 bits per heavy atom. The summed E-state index contributed by atoms with van der Waals surface area (Å²) >= 11 is 0. The molecule has 3 rings (SSSR count). The van der Waals surface area contributed by atoms with Crippen LogP contribution in [-0.2, 0) is 0 Å². The molecule has 4 nitrogen and oxygen atoms in total. The minimum atomic E-state index is 0. The van der Waals surface area contributed by atoms with Gasteiger partial charge in [0.25, 0.3) is 0 Å². The number of hydrogen-bond acceptors (Lipinski definition) is 4. The molecule has 0 bridgehead atoms. The predicted octanol–water partition coefficient (Wildman–Crippen LogP) is 2.36. The van der Waals surface area contributed by atoms with Crippen LogP contribution >= 0.6 is 12.4 Å². The first-order valence-corrected chi connectivity index (χ1v) is 7.86. The van der Waals surface area contributed by atoms with Crippen LogP contribution in [0.5, 0.6) is 5.75 Å². The van der Waals surface area contributed by atoms with E-state index < -0.39 is 0 Å². The number of halogens is 1. The van der Waals surface area contributed by atoms with E-state index in [2.05, 4.69) is 4.90 Å². The van der Waals surface area contributed by atoms with Crippen molar-refractivity contribution in [1.29, 1.82) is 0 Å². The second kappa shape index (κ2) is 7.44. The number of likely N-dealkylation sites (tertiary alicyclic amines) is 1. The summed E-state index contributed by atoms with van der Waals surface area (Å²) in [6.07, 6.45) is 2.46. The molecule has 1 heterocycles. The molecule has 2 N–H and O–H groups in total. The van der Waals surface area contributed by atoms with E-state index in [1.54, 1.807) is 6.92 Å². The van der Waals surface area contributed by atoms with Crippen molar-refractivity contribution in [1.82, 2.24) is 4.90 Å². The maximum atomic E-state index is 11.5. The molecular formula is C17H25ClN2O2. The SMILES string of the molecule is CC(=O)c1ccccc1OCCN1CC2CCC(N)C2C1.Cl. The van der Waals surface area contributed by atoms with Crippen LogP contribution < -0.4 is 10.5 Å². The molecule has 122 valence electrons. The maximum Gasteiger partial charge on any atom is 0.163 e. The van der Waals surface area contributed by atoms with Crippen molar-refractivity contribution in [3.63, 3.8) is 0 Å². The van der Waals surface area contributed by atoms with Gasteiger partial charge in [-0.15, -0.1) is 12.4 Å². The number of carbonyl (C=O) groups excluding carboxylic acids is 1. The first-order valence-electron chi connectivity index (χ1n) is 7.86. The third-order valence-corrected chi connectivity index (χ3v) is 4.92. The lowest BCUT2D eigenvalue weighted by Gasteiger charge is -2.19. The highest BCUT2D eigenvalue weighted by atomic mass is 35.5. The van der Waals surface area contributed by atoms with Crippen LogP contribution in [0.4, 0.5) is 0 Å². The summed E-state index contributed by atoms with van der Waals surface area (Å²) in [4.78, 5) is 14.0. The van der Waals surface area contributed by atoms with Gasteiger partial charge < -0.3 is 10.5 Å². The molecule has 22 heavy (non-hydrogen) atoms. The summed E-state index contributed by atoms with van der Waals surface area (Å²) in [5.74, 6) is 2.20. The van der Waals surface area contributed by atoms with Crippen LogP contribution in [0, 0.1) is 11.8 Å².